The Labute approximate surface area is 186 Å². The first-order valence-corrected chi connectivity index (χ1v) is 13.3. The van der Waals surface area contributed by atoms with E-state index < -0.39 is 9.84 Å². The maximum atomic E-state index is 12.7. The zero-order valence-corrected chi connectivity index (χ0v) is 19.1. The Morgan fingerprint density at radius 1 is 1.00 bits per heavy atom. The van der Waals surface area contributed by atoms with E-state index in [2.05, 4.69) is 44.1 Å². The number of morpholine rings is 1. The number of sulfone groups is 1. The van der Waals surface area contributed by atoms with Crippen molar-refractivity contribution in [3.8, 4) is 11.3 Å². The van der Waals surface area contributed by atoms with E-state index in [1.165, 1.54) is 24.9 Å². The van der Waals surface area contributed by atoms with Crippen molar-refractivity contribution in [3.05, 3.63) is 30.5 Å². The second kappa shape index (κ2) is 8.85. The Hall–Kier alpha value is -2.01. The fourth-order valence-corrected chi connectivity index (χ4v) is 6.59. The molecule has 2 aliphatic heterocycles. The van der Waals surface area contributed by atoms with Gasteiger partial charge in [-0.3, -0.25) is 4.90 Å². The van der Waals surface area contributed by atoms with Crippen LogP contribution >= 0.6 is 11.3 Å². The van der Waals surface area contributed by atoms with Crippen LogP contribution in [0.15, 0.2) is 34.8 Å². The Balaban J connectivity index is 1.28. The van der Waals surface area contributed by atoms with Crippen molar-refractivity contribution in [2.45, 2.75) is 23.6 Å². The monoisotopic (exact) mass is 461 g/mol. The van der Waals surface area contributed by atoms with Crippen LogP contribution in [0, 0.1) is 0 Å². The Morgan fingerprint density at radius 2 is 1.74 bits per heavy atom. The van der Waals surface area contributed by atoms with Crippen LogP contribution in [0.2, 0.25) is 0 Å². The molecule has 5 rings (SSSR count). The maximum absolute atomic E-state index is 12.7. The normalized spacial score (nSPS) is 18.6. The van der Waals surface area contributed by atoms with Gasteiger partial charge in [-0.15, -0.1) is 5.10 Å². The van der Waals surface area contributed by atoms with Gasteiger partial charge in [0.15, 0.2) is 0 Å². The summed E-state index contributed by atoms with van der Waals surface area (Å²) in [5.74, 6) is 0.0640. The van der Waals surface area contributed by atoms with Crippen LogP contribution in [0.5, 0.6) is 0 Å². The number of ether oxygens (including phenoxy) is 1. The third-order valence-corrected chi connectivity index (χ3v) is 9.02. The van der Waals surface area contributed by atoms with E-state index >= 15 is 0 Å². The number of aromatic nitrogens is 3. The van der Waals surface area contributed by atoms with Gasteiger partial charge in [0.1, 0.15) is 0 Å². The summed E-state index contributed by atoms with van der Waals surface area (Å²) in [6.45, 7) is 5.60. The number of piperidine rings is 1. The zero-order valence-electron chi connectivity index (χ0n) is 17.4. The average molecular weight is 462 g/mol. The van der Waals surface area contributed by atoms with Gasteiger partial charge in [-0.05, 0) is 31.4 Å². The molecule has 2 aromatic heterocycles. The molecule has 166 valence electrons. The van der Waals surface area contributed by atoms with Gasteiger partial charge in [0.05, 0.1) is 30.9 Å². The minimum Gasteiger partial charge on any atom is -0.379 e. The minimum absolute atomic E-state index is 0.0640. The first-order valence-electron chi connectivity index (χ1n) is 10.8. The molecule has 0 radical (unpaired) electrons. The average Bonchev–Trinajstić information content (AvgIpc) is 3.40. The molecular weight excluding hydrogens is 434 g/mol. The molecule has 0 spiro atoms. The van der Waals surface area contributed by atoms with Gasteiger partial charge in [-0.2, -0.15) is 0 Å². The quantitative estimate of drug-likeness (QED) is 0.558. The number of hydrogen-bond acceptors (Lipinski definition) is 8. The summed E-state index contributed by atoms with van der Waals surface area (Å²) in [6, 6.07) is 8.44. The van der Waals surface area contributed by atoms with Crippen LogP contribution in [0.25, 0.3) is 16.2 Å². The first-order chi connectivity index (χ1) is 15.1. The molecule has 8 nitrogen and oxygen atoms in total. The summed E-state index contributed by atoms with van der Waals surface area (Å²) in [5.41, 5.74) is 3.06. The number of fused-ring (bicyclic) bond motifs is 1. The molecule has 0 N–H and O–H groups in total. The summed E-state index contributed by atoms with van der Waals surface area (Å²) in [4.78, 5) is 9.76. The van der Waals surface area contributed by atoms with E-state index in [-0.39, 0.29) is 10.1 Å². The minimum atomic E-state index is -3.43. The van der Waals surface area contributed by atoms with Gasteiger partial charge in [-0.25, -0.2) is 17.9 Å². The van der Waals surface area contributed by atoms with Gasteiger partial charge < -0.3 is 9.64 Å². The van der Waals surface area contributed by atoms with Crippen molar-refractivity contribution >= 4 is 31.8 Å². The van der Waals surface area contributed by atoms with Crippen molar-refractivity contribution in [2.24, 2.45) is 0 Å². The second-order valence-electron chi connectivity index (χ2n) is 8.09. The lowest BCUT2D eigenvalue weighted by atomic mass is 10.1. The maximum Gasteiger partial charge on any atom is 0.232 e. The zero-order chi connectivity index (χ0) is 21.3. The van der Waals surface area contributed by atoms with Crippen LogP contribution in [0.1, 0.15) is 19.3 Å². The van der Waals surface area contributed by atoms with Crippen molar-refractivity contribution in [1.82, 2.24) is 19.5 Å². The van der Waals surface area contributed by atoms with Crippen LogP contribution < -0.4 is 4.90 Å². The molecule has 2 aliphatic rings. The second-order valence-corrected chi connectivity index (χ2v) is 11.3. The van der Waals surface area contributed by atoms with Crippen molar-refractivity contribution < 1.29 is 13.2 Å². The molecule has 31 heavy (non-hydrogen) atoms. The van der Waals surface area contributed by atoms with E-state index in [1.54, 1.807) is 4.52 Å². The summed E-state index contributed by atoms with van der Waals surface area (Å²) in [6.07, 6.45) is 5.63. The topological polar surface area (TPSA) is 80.0 Å². The van der Waals surface area contributed by atoms with Gasteiger partial charge >= 0.3 is 0 Å². The molecule has 0 saturated carbocycles. The number of anilines is 1. The molecule has 0 unspecified atom stereocenters. The molecule has 0 aliphatic carbocycles. The molecule has 0 amide bonds. The number of rotatable bonds is 6. The SMILES string of the molecule is O=S(=O)(CCN1CCOCC1)c1nn2cc(-c3ccc(N4CCCCC4)cc3)nc2s1. The molecule has 3 aromatic rings. The smallest absolute Gasteiger partial charge is 0.232 e. The third-order valence-electron chi connectivity index (χ3n) is 5.95. The predicted octanol–water partition coefficient (Wildman–Crippen LogP) is 2.55. The van der Waals surface area contributed by atoms with Crippen molar-refractivity contribution in [3.63, 3.8) is 0 Å². The number of hydrogen-bond donors (Lipinski definition) is 0. The van der Waals surface area contributed by atoms with Gasteiger partial charge in [0.2, 0.25) is 19.1 Å². The van der Waals surface area contributed by atoms with E-state index in [0.29, 0.717) is 24.7 Å². The fourth-order valence-electron chi connectivity index (χ4n) is 4.10. The van der Waals surface area contributed by atoms with Gasteiger partial charge in [0.25, 0.3) is 0 Å². The highest BCUT2D eigenvalue weighted by molar-refractivity contribution is 7.93. The molecule has 1 aromatic carbocycles. The van der Waals surface area contributed by atoms with Crippen LogP contribution in [-0.2, 0) is 14.6 Å². The lowest BCUT2D eigenvalue weighted by Crippen LogP contribution is -2.39. The Kier molecular flexibility index (Phi) is 5.96. The lowest BCUT2D eigenvalue weighted by Gasteiger charge is -2.28. The lowest BCUT2D eigenvalue weighted by molar-refractivity contribution is 0.0408. The van der Waals surface area contributed by atoms with E-state index in [0.717, 1.165) is 48.8 Å². The van der Waals surface area contributed by atoms with Gasteiger partial charge in [0, 0.05) is 44.0 Å². The summed E-state index contributed by atoms with van der Waals surface area (Å²) in [7, 11) is -3.43. The molecule has 0 atom stereocenters. The number of nitrogens with zero attached hydrogens (tertiary/aromatic N) is 5. The number of benzene rings is 1. The largest absolute Gasteiger partial charge is 0.379 e. The van der Waals surface area contributed by atoms with E-state index in [1.807, 2.05) is 6.20 Å². The standard InChI is InChI=1S/C21H27N5O3S2/c27-31(28,15-12-24-10-13-29-14-11-24)21-23-26-16-19(22-20(26)30-21)17-4-6-18(7-5-17)25-8-2-1-3-9-25/h4-7,16H,1-3,8-15H2. The summed E-state index contributed by atoms with van der Waals surface area (Å²) < 4.78 is 32.5. The summed E-state index contributed by atoms with van der Waals surface area (Å²) in [5, 5.41) is 4.32. The molecule has 2 saturated heterocycles. The molecule has 2 fully saturated rings. The van der Waals surface area contributed by atoms with Gasteiger partial charge in [-0.1, -0.05) is 23.5 Å². The van der Waals surface area contributed by atoms with E-state index in [9.17, 15) is 8.42 Å². The molecular formula is C21H27N5O3S2. The third kappa shape index (κ3) is 4.62. The molecule has 0 bridgehead atoms. The van der Waals surface area contributed by atoms with Crippen molar-refractivity contribution in [1.29, 1.82) is 0 Å². The first kappa shape index (κ1) is 20.9. The summed E-state index contributed by atoms with van der Waals surface area (Å²) >= 11 is 1.13. The highest BCUT2D eigenvalue weighted by atomic mass is 32.2. The highest BCUT2D eigenvalue weighted by Gasteiger charge is 2.23. The van der Waals surface area contributed by atoms with Crippen LogP contribution in [-0.4, -0.2) is 79.6 Å². The number of imidazole rings is 1. The predicted molar refractivity (Wildman–Crippen MR) is 122 cm³/mol. The van der Waals surface area contributed by atoms with Crippen LogP contribution in [0.3, 0.4) is 0 Å². The Bertz CT molecular complexity index is 1100. The van der Waals surface area contributed by atoms with Crippen LogP contribution in [0.4, 0.5) is 5.69 Å². The van der Waals surface area contributed by atoms with E-state index in [4.69, 9.17) is 4.74 Å². The van der Waals surface area contributed by atoms with Crippen molar-refractivity contribution in [2.75, 3.05) is 56.6 Å². The molecule has 4 heterocycles. The highest BCUT2D eigenvalue weighted by Crippen LogP contribution is 2.27. The molecule has 10 heteroatoms. The fraction of sp³-hybridized carbons (Fsp3) is 0.524. The Morgan fingerprint density at radius 3 is 2.45 bits per heavy atom.